The van der Waals surface area contributed by atoms with E-state index in [1.165, 1.54) is 10.9 Å². The molecule has 4 aromatic heterocycles. The van der Waals surface area contributed by atoms with Crippen LogP contribution in [0.25, 0.3) is 43.6 Å². The van der Waals surface area contributed by atoms with Crippen LogP contribution < -0.4 is 38.9 Å². The van der Waals surface area contributed by atoms with Crippen LogP contribution in [0.5, 0.6) is 0 Å². The molecular formula is C94H140N12O10SW4. The first-order valence-electron chi connectivity index (χ1n) is 41.8. The molecule has 8 aromatic rings. The predicted molar refractivity (Wildman–Crippen MR) is 480 cm³/mol. The maximum absolute atomic E-state index is 13.3. The van der Waals surface area contributed by atoms with Crippen molar-refractivity contribution in [1.82, 2.24) is 40.8 Å². The summed E-state index contributed by atoms with van der Waals surface area (Å²) in [7, 11) is 1.88. The summed E-state index contributed by atoms with van der Waals surface area (Å²) in [5.74, 6) is -2.16. The molecule has 666 valence electrons. The zero-order valence-corrected chi connectivity index (χ0v) is 86.2. The standard InChI is InChI=1S/C24H35N3O3.C23H33N3O3.C23H33N3O2S.C23H35N3O2.CH4.4W/c1-15(2)24(30)17(12-18-14-26-20-9-7-6-8-19(18)20)13-22(28)21(10-11-23(25)29)27(5)16(3)4;1-14(2)23(29)16(11-17-13-25-19-8-6-5-7-18(17)19)12-21(27)20(26-15(3)4)9-10-22(24)28;1-14(2)23(28)16(11-17-13-25-19-8-6-5-7-18(17)19)12-21(29)20(26-15(3)4)9-10-22(24)27;1-15(2)23(28)17(9-10-19(26-16(3)4)11-12-22(24)27)13-18-14-25-21-8-6-5-7-20(18)21;;;;;/h6-9,14-17,21,26H,10-13H2,1-5H3,(H2,25,29);5-8,13-16,20,25-26H,9-12H2,1-4H3,(H2,24,28);5-8,13-16,20,25-26H,9-12H2,1-4H3,(H2,24,27);5-8,14-17,19,25-26H,9-13H2,1-4H3,(H2,24,27);1H4;;;;/t17-,21+;2*16-,20+;17-,19+;;;;;/m1110...../s1. The number of rotatable bonds is 48. The van der Waals surface area contributed by atoms with E-state index in [1.807, 2.05) is 213 Å². The van der Waals surface area contributed by atoms with Gasteiger partial charge in [0.05, 0.1) is 12.1 Å². The van der Waals surface area contributed by atoms with E-state index in [2.05, 4.69) is 67.9 Å². The van der Waals surface area contributed by atoms with Gasteiger partial charge in [-0.25, -0.2) is 0 Å². The Hall–Kier alpha value is -6.38. The average molecular weight is 2370 g/mol. The Labute approximate surface area is 782 Å². The molecule has 0 aliphatic heterocycles. The van der Waals surface area contributed by atoms with Gasteiger partial charge < -0.3 is 58.8 Å². The number of H-pyrrole nitrogens is 4. The maximum atomic E-state index is 13.3. The number of carbonyl (C=O) groups is 10. The first kappa shape index (κ1) is 115. The number of primary amides is 4. The summed E-state index contributed by atoms with van der Waals surface area (Å²) in [4.78, 5) is 139. The number of hydrogen-bond acceptors (Lipinski definition) is 15. The molecule has 0 spiro atoms. The first-order valence-corrected chi connectivity index (χ1v) is 42.2. The molecule has 121 heavy (non-hydrogen) atoms. The van der Waals surface area contributed by atoms with Crippen molar-refractivity contribution < 1.29 is 132 Å². The number of nitrogens with one attached hydrogen (secondary N) is 7. The number of para-hydroxylation sites is 4. The monoisotopic (exact) mass is 2360 g/mol. The number of aromatic amines is 4. The predicted octanol–water partition coefficient (Wildman–Crippen LogP) is 15.2. The van der Waals surface area contributed by atoms with Crippen LogP contribution in [0.1, 0.15) is 224 Å². The third-order valence-corrected chi connectivity index (χ3v) is 22.0. The Morgan fingerprint density at radius 3 is 0.959 bits per heavy atom. The van der Waals surface area contributed by atoms with Crippen molar-refractivity contribution in [1.29, 1.82) is 0 Å². The molecule has 8 rings (SSSR count). The molecule has 27 heteroatoms. The van der Waals surface area contributed by atoms with Crippen LogP contribution in [0, 0.1) is 47.3 Å². The van der Waals surface area contributed by atoms with Gasteiger partial charge >= 0.3 is 0 Å². The number of nitrogens with two attached hydrogens (primary N) is 4. The Bertz CT molecular complexity index is 4380. The molecule has 8 atom stereocenters. The summed E-state index contributed by atoms with van der Waals surface area (Å²) >= 11 is 5.74. The topological polar surface area (TPSA) is 377 Å². The zero-order chi connectivity index (χ0) is 86.2. The van der Waals surface area contributed by atoms with Gasteiger partial charge in [0.2, 0.25) is 23.6 Å². The van der Waals surface area contributed by atoms with E-state index in [9.17, 15) is 47.9 Å². The third kappa shape index (κ3) is 39.0. The normalized spacial score (nSPS) is 13.2. The van der Waals surface area contributed by atoms with Crippen molar-refractivity contribution in [3.8, 4) is 0 Å². The average Bonchev–Trinajstić information content (AvgIpc) is 1.71. The molecule has 0 saturated heterocycles. The molecule has 4 aromatic carbocycles. The van der Waals surface area contributed by atoms with Crippen molar-refractivity contribution in [2.75, 3.05) is 7.05 Å². The molecule has 0 aliphatic carbocycles. The van der Waals surface area contributed by atoms with Crippen LogP contribution in [0.2, 0.25) is 0 Å². The second-order valence-electron chi connectivity index (χ2n) is 33.9. The Balaban J connectivity index is 0.00000157. The van der Waals surface area contributed by atoms with Crippen LogP contribution in [-0.4, -0.2) is 143 Å². The number of thiocarbonyl (C=S) groups is 1. The van der Waals surface area contributed by atoms with Gasteiger partial charge in [-0.05, 0) is 138 Å². The first-order chi connectivity index (χ1) is 54.8. The minimum absolute atomic E-state index is 0. The molecule has 4 amide bonds. The molecule has 0 bridgehead atoms. The van der Waals surface area contributed by atoms with E-state index in [0.717, 1.165) is 79.0 Å². The van der Waals surface area contributed by atoms with Gasteiger partial charge in [0.25, 0.3) is 0 Å². The molecule has 0 radical (unpaired) electrons. The van der Waals surface area contributed by atoms with Crippen LogP contribution in [0.3, 0.4) is 0 Å². The molecule has 22 nitrogen and oxygen atoms in total. The van der Waals surface area contributed by atoms with Crippen molar-refractivity contribution in [2.24, 2.45) is 70.3 Å². The van der Waals surface area contributed by atoms with Gasteiger partial charge in [0.1, 0.15) is 28.9 Å². The number of carbonyl (C=O) groups excluding carboxylic acids is 10. The van der Waals surface area contributed by atoms with Gasteiger partial charge in [-0.2, -0.15) is 0 Å². The largest absolute Gasteiger partial charge is 0.370 e. The Morgan fingerprint density at radius 2 is 0.636 bits per heavy atom. The summed E-state index contributed by atoms with van der Waals surface area (Å²) in [6, 6.07) is 32.2. The molecule has 15 N–H and O–H groups in total. The van der Waals surface area contributed by atoms with Gasteiger partial charge in [-0.1, -0.05) is 189 Å². The zero-order valence-electron chi connectivity index (χ0n) is 73.7. The summed E-state index contributed by atoms with van der Waals surface area (Å²) in [5.41, 5.74) is 29.9. The summed E-state index contributed by atoms with van der Waals surface area (Å²) in [6.45, 7) is 31.5. The van der Waals surface area contributed by atoms with Crippen molar-refractivity contribution >= 4 is 119 Å². The maximum Gasteiger partial charge on any atom is 0.217 e. The van der Waals surface area contributed by atoms with Crippen molar-refractivity contribution in [3.63, 3.8) is 0 Å². The molecule has 0 unspecified atom stereocenters. The van der Waals surface area contributed by atoms with Gasteiger partial charge in [-0.15, -0.1) is 0 Å². The number of aromatic nitrogens is 4. The minimum Gasteiger partial charge on any atom is -0.370 e. The Kier molecular flexibility index (Phi) is 55.0. The number of hydrogen-bond donors (Lipinski definition) is 11. The van der Waals surface area contributed by atoms with E-state index in [0.29, 0.717) is 69.6 Å². The second-order valence-corrected chi connectivity index (χ2v) is 34.4. The second kappa shape index (κ2) is 58.0. The number of ketones is 6. The van der Waals surface area contributed by atoms with Gasteiger partial charge in [0, 0.05) is 280 Å². The van der Waals surface area contributed by atoms with E-state index in [4.69, 9.17) is 35.2 Å². The minimum atomic E-state index is -0.479. The SMILES string of the molecule is C.CC(C)C(=O)[C@@H](CC(=O)[C@H](CCC(N)=O)N(C)C(C)C)Cc1c[nH]c2ccccc12.CC(C)N[C@@H](CCC(N)=O)C(=O)C[C@@H](Cc1c[nH]c2ccccc12)C(=O)C(C)C.CC(C)N[C@@H](CCC(N)=O)C(=S)C[C@@H](Cc1c[nH]c2ccccc12)C(=O)C(C)C.CC(C)N[C@@H](CCC(N)=O)CC[C@@H](Cc1c[nH]c2ccccc12)C(=O)C(C)C.[W].[W].[W].[W]. The number of nitrogens with zero attached hydrogens (tertiary/aromatic N) is 1. The summed E-state index contributed by atoms with van der Waals surface area (Å²) in [6.07, 6.45) is 15.7. The number of likely N-dealkylation sites (N-methyl/N-ethyl adjacent to an activating group) is 1. The van der Waals surface area contributed by atoms with E-state index < -0.39 is 35.7 Å². The molecule has 0 saturated carbocycles. The molecule has 4 heterocycles. The van der Waals surface area contributed by atoms with E-state index >= 15 is 0 Å². The van der Waals surface area contributed by atoms with Gasteiger partial charge in [-0.3, -0.25) is 52.8 Å². The van der Waals surface area contributed by atoms with Crippen molar-refractivity contribution in [3.05, 3.63) is 144 Å². The third-order valence-electron chi connectivity index (χ3n) is 21.5. The summed E-state index contributed by atoms with van der Waals surface area (Å²) in [5, 5.41) is 14.7. The summed E-state index contributed by atoms with van der Waals surface area (Å²) < 4.78 is 0. The van der Waals surface area contributed by atoms with Crippen LogP contribution >= 0.6 is 12.2 Å². The van der Waals surface area contributed by atoms with E-state index in [-0.39, 0.29) is 230 Å². The number of fused-ring (bicyclic) bond motifs is 4. The molecular weight excluding hydrogens is 2220 g/mol. The quantitative estimate of drug-likeness (QED) is 0.0158. The van der Waals surface area contributed by atoms with Crippen LogP contribution in [0.4, 0.5) is 0 Å². The number of Topliss-reactive ketones (excluding diaryl/α,β-unsaturated/α-hetero) is 6. The molecule has 0 aliphatic rings. The van der Waals surface area contributed by atoms with Gasteiger partial charge in [0.15, 0.2) is 5.78 Å². The Morgan fingerprint density at radius 1 is 0.355 bits per heavy atom. The van der Waals surface area contributed by atoms with Crippen molar-refractivity contribution in [2.45, 2.75) is 276 Å². The smallest absolute Gasteiger partial charge is 0.217 e. The molecule has 0 fully saturated rings. The number of benzene rings is 4. The van der Waals surface area contributed by atoms with Crippen LogP contribution in [0.15, 0.2) is 122 Å². The fourth-order valence-corrected chi connectivity index (χ4v) is 15.6. The fourth-order valence-electron chi connectivity index (χ4n) is 15.2. The van der Waals surface area contributed by atoms with Crippen LogP contribution in [-0.2, 0) is 158 Å². The fraction of sp³-hybridized carbons (Fsp3) is 0.543. The number of amides is 4. The van der Waals surface area contributed by atoms with E-state index in [1.54, 1.807) is 0 Å².